The molecule has 2 saturated heterocycles. The van der Waals surface area contributed by atoms with Crippen LogP contribution in [0.25, 0.3) is 0 Å². The molecule has 154 valence electrons. The molecule has 2 amide bonds. The van der Waals surface area contributed by atoms with Crippen molar-refractivity contribution in [3.8, 4) is 23.3 Å². The number of hydrogen-bond acceptors (Lipinski definition) is 9. The number of tetrazole rings is 1. The van der Waals surface area contributed by atoms with Gasteiger partial charge in [-0.1, -0.05) is 5.10 Å². The number of ether oxygens (including phenoxy) is 5. The molecule has 0 aliphatic carbocycles. The van der Waals surface area contributed by atoms with E-state index in [0.29, 0.717) is 37.0 Å². The van der Waals surface area contributed by atoms with Crippen LogP contribution < -0.4 is 24.8 Å². The monoisotopic (exact) mass is 404 g/mol. The van der Waals surface area contributed by atoms with Crippen LogP contribution in [0.4, 0.5) is 4.79 Å². The lowest BCUT2D eigenvalue weighted by Crippen LogP contribution is -2.48. The van der Waals surface area contributed by atoms with Crippen molar-refractivity contribution in [2.45, 2.75) is 31.2 Å². The Bertz CT molecular complexity index is 906. The zero-order valence-corrected chi connectivity index (χ0v) is 15.6. The molecule has 0 saturated carbocycles. The van der Waals surface area contributed by atoms with Gasteiger partial charge in [0.25, 0.3) is 0 Å². The number of benzene rings is 1. The van der Waals surface area contributed by atoms with Crippen LogP contribution in [0.15, 0.2) is 18.2 Å². The molecule has 2 aromatic rings. The Morgan fingerprint density at radius 3 is 3.00 bits per heavy atom. The van der Waals surface area contributed by atoms with E-state index in [4.69, 9.17) is 23.7 Å². The second-order valence-electron chi connectivity index (χ2n) is 6.80. The third-order valence-corrected chi connectivity index (χ3v) is 5.01. The maximum Gasteiger partial charge on any atom is 0.341 e. The largest absolute Gasteiger partial charge is 0.454 e. The molecule has 2 N–H and O–H groups in total. The number of aromatic nitrogens is 4. The third kappa shape index (κ3) is 3.29. The lowest BCUT2D eigenvalue weighted by atomic mass is 10.1. The first kappa shape index (κ1) is 17.9. The fourth-order valence-corrected chi connectivity index (χ4v) is 3.70. The number of urea groups is 1. The first-order valence-electron chi connectivity index (χ1n) is 9.36. The highest BCUT2D eigenvalue weighted by Crippen LogP contribution is 2.38. The van der Waals surface area contributed by atoms with Gasteiger partial charge < -0.3 is 34.3 Å². The van der Waals surface area contributed by atoms with Crippen LogP contribution in [-0.2, 0) is 9.47 Å². The average Bonchev–Trinajstić information content (AvgIpc) is 3.47. The van der Waals surface area contributed by atoms with E-state index in [1.165, 1.54) is 0 Å². The van der Waals surface area contributed by atoms with E-state index in [2.05, 4.69) is 26.2 Å². The fraction of sp³-hybridized carbons (Fsp3) is 0.529. The summed E-state index contributed by atoms with van der Waals surface area (Å²) in [5, 5.41) is 17.3. The maximum absolute atomic E-state index is 11.8. The molecule has 4 unspecified atom stereocenters. The summed E-state index contributed by atoms with van der Waals surface area (Å²) in [5.74, 6) is 1.78. The van der Waals surface area contributed by atoms with Crippen LogP contribution in [0.5, 0.6) is 23.3 Å². The normalized spacial score (nSPS) is 26.9. The molecule has 12 nitrogen and oxygen atoms in total. The second kappa shape index (κ2) is 7.37. The van der Waals surface area contributed by atoms with Gasteiger partial charge in [-0.15, -0.1) is 0 Å². The summed E-state index contributed by atoms with van der Waals surface area (Å²) in [5.41, 5.74) is 0. The number of amides is 2. The van der Waals surface area contributed by atoms with Crippen molar-refractivity contribution >= 4 is 6.03 Å². The topological polar surface area (TPSA) is 131 Å². The summed E-state index contributed by atoms with van der Waals surface area (Å²) in [4.78, 5) is 11.8. The zero-order valence-electron chi connectivity index (χ0n) is 15.6. The van der Waals surface area contributed by atoms with Crippen LogP contribution in [-0.4, -0.2) is 71.0 Å². The molecule has 4 heterocycles. The number of rotatable bonds is 5. The summed E-state index contributed by atoms with van der Waals surface area (Å²) in [6.07, 6.45) is -0.588. The van der Waals surface area contributed by atoms with Crippen molar-refractivity contribution in [1.82, 2.24) is 30.8 Å². The molecule has 3 aliphatic heterocycles. The van der Waals surface area contributed by atoms with Crippen molar-refractivity contribution in [3.05, 3.63) is 18.2 Å². The Hall–Kier alpha value is -3.12. The van der Waals surface area contributed by atoms with Crippen molar-refractivity contribution in [3.63, 3.8) is 0 Å². The lowest BCUT2D eigenvalue weighted by Gasteiger charge is -2.18. The molecular formula is C17H20N6O6. The van der Waals surface area contributed by atoms with Crippen LogP contribution in [0.3, 0.4) is 0 Å². The number of nitrogens with one attached hydrogen (secondary N) is 2. The third-order valence-electron chi connectivity index (χ3n) is 5.01. The van der Waals surface area contributed by atoms with Gasteiger partial charge in [0.15, 0.2) is 11.5 Å². The minimum absolute atomic E-state index is 0.182. The van der Waals surface area contributed by atoms with E-state index < -0.39 is 0 Å². The van der Waals surface area contributed by atoms with Crippen molar-refractivity contribution < 1.29 is 28.5 Å². The minimum Gasteiger partial charge on any atom is -0.454 e. The molecule has 2 fully saturated rings. The van der Waals surface area contributed by atoms with Crippen LogP contribution >= 0.6 is 0 Å². The number of carbonyl (C=O) groups excluding carboxylic acids is 1. The number of carbonyl (C=O) groups is 1. The van der Waals surface area contributed by atoms with Crippen LogP contribution in [0.2, 0.25) is 0 Å². The molecule has 12 heteroatoms. The highest BCUT2D eigenvalue weighted by atomic mass is 16.7. The van der Waals surface area contributed by atoms with Crippen molar-refractivity contribution in [2.75, 3.05) is 26.6 Å². The van der Waals surface area contributed by atoms with Gasteiger partial charge in [-0.05, 0) is 29.5 Å². The van der Waals surface area contributed by atoms with Crippen LogP contribution in [0.1, 0.15) is 13.0 Å². The summed E-state index contributed by atoms with van der Waals surface area (Å²) in [7, 11) is 0. The van der Waals surface area contributed by atoms with Gasteiger partial charge in [0.2, 0.25) is 6.79 Å². The van der Waals surface area contributed by atoms with E-state index in [1.807, 2.05) is 6.92 Å². The highest BCUT2D eigenvalue weighted by molar-refractivity contribution is 5.74. The molecule has 1 aromatic carbocycles. The maximum atomic E-state index is 11.8. The van der Waals surface area contributed by atoms with Gasteiger partial charge in [-0.25, -0.2) is 4.79 Å². The number of hydrogen-bond donors (Lipinski definition) is 2. The standard InChI is InChI=1S/C17H20N6O6/c1-2-18-16(24)19-10-6-25-15-11(7-26-14(10)15)23-17(20-21-22-23)29-9-3-4-12-13(5-9)28-8-27-12/h3-5,10-11,14-15H,2,6-8H2,1H3,(H2,18,19,24). The summed E-state index contributed by atoms with van der Waals surface area (Å²) in [6.45, 7) is 3.27. The Morgan fingerprint density at radius 1 is 1.24 bits per heavy atom. The van der Waals surface area contributed by atoms with E-state index in [1.54, 1.807) is 22.9 Å². The van der Waals surface area contributed by atoms with E-state index in [9.17, 15) is 4.79 Å². The van der Waals surface area contributed by atoms with E-state index in [-0.39, 0.29) is 43.1 Å². The Balaban J connectivity index is 1.29. The summed E-state index contributed by atoms with van der Waals surface area (Å²) < 4.78 is 29.9. The van der Waals surface area contributed by atoms with E-state index in [0.717, 1.165) is 0 Å². The van der Waals surface area contributed by atoms with Gasteiger partial charge in [-0.3, -0.25) is 0 Å². The minimum atomic E-state index is -0.301. The van der Waals surface area contributed by atoms with Gasteiger partial charge in [0.05, 0.1) is 19.3 Å². The molecule has 0 spiro atoms. The quantitative estimate of drug-likeness (QED) is 0.718. The number of nitrogens with zero attached hydrogens (tertiary/aromatic N) is 4. The second-order valence-corrected chi connectivity index (χ2v) is 6.80. The fourth-order valence-electron chi connectivity index (χ4n) is 3.70. The molecule has 1 aromatic heterocycles. The predicted octanol–water partition coefficient (Wildman–Crippen LogP) is 0.220. The Kier molecular flexibility index (Phi) is 4.56. The van der Waals surface area contributed by atoms with Gasteiger partial charge >= 0.3 is 12.0 Å². The van der Waals surface area contributed by atoms with Crippen molar-refractivity contribution in [2.24, 2.45) is 0 Å². The number of fused-ring (bicyclic) bond motifs is 2. The van der Waals surface area contributed by atoms with E-state index >= 15 is 0 Å². The molecule has 29 heavy (non-hydrogen) atoms. The smallest absolute Gasteiger partial charge is 0.341 e. The van der Waals surface area contributed by atoms with Gasteiger partial charge in [0, 0.05) is 12.6 Å². The lowest BCUT2D eigenvalue weighted by molar-refractivity contribution is 0.0613. The molecule has 0 radical (unpaired) electrons. The molecule has 0 bridgehead atoms. The first-order valence-corrected chi connectivity index (χ1v) is 9.36. The summed E-state index contributed by atoms with van der Waals surface area (Å²) >= 11 is 0. The van der Waals surface area contributed by atoms with Gasteiger partial charge in [-0.2, -0.15) is 4.68 Å². The van der Waals surface area contributed by atoms with Crippen molar-refractivity contribution in [1.29, 1.82) is 0 Å². The van der Waals surface area contributed by atoms with Gasteiger partial charge in [0.1, 0.15) is 24.0 Å². The summed E-state index contributed by atoms with van der Waals surface area (Å²) in [6, 6.07) is 4.67. The SMILES string of the molecule is CCNC(=O)NC1COC2C1OCC2n1nnnc1Oc1ccc2c(c1)OCO2. The molecule has 5 rings (SSSR count). The average molecular weight is 404 g/mol. The zero-order chi connectivity index (χ0) is 19.8. The first-order chi connectivity index (χ1) is 14.2. The molecule has 4 atom stereocenters. The Labute approximate surface area is 165 Å². The highest BCUT2D eigenvalue weighted by Gasteiger charge is 2.50. The predicted molar refractivity (Wildman–Crippen MR) is 95.0 cm³/mol. The van der Waals surface area contributed by atoms with Crippen LogP contribution in [0, 0.1) is 0 Å². The Morgan fingerprint density at radius 2 is 2.10 bits per heavy atom. The molecule has 3 aliphatic rings. The molecular weight excluding hydrogens is 384 g/mol.